The summed E-state index contributed by atoms with van der Waals surface area (Å²) in [4.78, 5) is 13.7. The van der Waals surface area contributed by atoms with Crippen LogP contribution >= 0.6 is 11.6 Å². The standard InChI is InChI=1S/C16H19ClN2O2/c1-2-5-16(15(20)21)6-7-19(11-16)10-13-4-3-12(9-18)8-14(13)17/h3-4,8H,2,5-7,10-11H2,1H3,(H,20,21). The lowest BCUT2D eigenvalue weighted by molar-refractivity contribution is -0.148. The molecule has 1 fully saturated rings. The molecule has 0 aromatic heterocycles. The highest BCUT2D eigenvalue weighted by molar-refractivity contribution is 6.31. The number of hydrogen-bond acceptors (Lipinski definition) is 3. The number of aliphatic carboxylic acids is 1. The quantitative estimate of drug-likeness (QED) is 0.906. The number of carboxylic acid groups (broad SMARTS) is 1. The van der Waals surface area contributed by atoms with E-state index in [0.29, 0.717) is 36.5 Å². The molecule has 1 aromatic rings. The highest BCUT2D eigenvalue weighted by Crippen LogP contribution is 2.36. The zero-order valence-electron chi connectivity index (χ0n) is 12.1. The van der Waals surface area contributed by atoms with Crippen molar-refractivity contribution in [2.75, 3.05) is 13.1 Å². The molecule has 1 saturated heterocycles. The SMILES string of the molecule is CCCC1(C(=O)O)CCN(Cc2ccc(C#N)cc2Cl)C1. The topological polar surface area (TPSA) is 64.3 Å². The molecule has 1 aliphatic rings. The van der Waals surface area contributed by atoms with Gasteiger partial charge >= 0.3 is 5.97 Å². The third-order valence-electron chi connectivity index (χ3n) is 4.19. The molecule has 1 unspecified atom stereocenters. The molecule has 1 N–H and O–H groups in total. The number of halogens is 1. The van der Waals surface area contributed by atoms with Gasteiger partial charge in [-0.25, -0.2) is 0 Å². The molecule has 0 spiro atoms. The Balaban J connectivity index is 2.09. The van der Waals surface area contributed by atoms with Gasteiger partial charge in [-0.2, -0.15) is 5.26 Å². The summed E-state index contributed by atoms with van der Waals surface area (Å²) in [6.45, 7) is 3.98. The lowest BCUT2D eigenvalue weighted by atomic mass is 9.83. The maximum Gasteiger partial charge on any atom is 0.310 e. The molecule has 2 rings (SSSR count). The lowest BCUT2D eigenvalue weighted by Gasteiger charge is -2.24. The van der Waals surface area contributed by atoms with Crippen LogP contribution in [0.3, 0.4) is 0 Å². The number of hydrogen-bond donors (Lipinski definition) is 1. The molecule has 0 radical (unpaired) electrons. The van der Waals surface area contributed by atoms with Crippen molar-refractivity contribution in [3.63, 3.8) is 0 Å². The van der Waals surface area contributed by atoms with E-state index in [1.807, 2.05) is 13.0 Å². The largest absolute Gasteiger partial charge is 0.481 e. The van der Waals surface area contributed by atoms with Gasteiger partial charge in [0.1, 0.15) is 0 Å². The first kappa shape index (κ1) is 15.8. The second-order valence-corrected chi connectivity index (χ2v) is 6.12. The van der Waals surface area contributed by atoms with Crippen LogP contribution in [0.1, 0.15) is 37.3 Å². The van der Waals surface area contributed by atoms with E-state index in [1.165, 1.54) is 0 Å². The second-order valence-electron chi connectivity index (χ2n) is 5.71. The zero-order valence-corrected chi connectivity index (χ0v) is 12.9. The van der Waals surface area contributed by atoms with E-state index in [4.69, 9.17) is 16.9 Å². The van der Waals surface area contributed by atoms with Crippen LogP contribution in [-0.4, -0.2) is 29.1 Å². The van der Waals surface area contributed by atoms with Crippen LogP contribution in [0.2, 0.25) is 5.02 Å². The summed E-state index contributed by atoms with van der Waals surface area (Å²) >= 11 is 6.19. The lowest BCUT2D eigenvalue weighted by Crippen LogP contribution is -2.34. The maximum atomic E-state index is 11.6. The van der Waals surface area contributed by atoms with E-state index < -0.39 is 11.4 Å². The van der Waals surface area contributed by atoms with Crippen molar-refractivity contribution in [1.29, 1.82) is 5.26 Å². The average molecular weight is 307 g/mol. The minimum absolute atomic E-state index is 0.538. The van der Waals surface area contributed by atoms with Gasteiger partial charge in [-0.15, -0.1) is 0 Å². The van der Waals surface area contributed by atoms with Gasteiger partial charge < -0.3 is 5.11 Å². The van der Waals surface area contributed by atoms with E-state index in [1.54, 1.807) is 12.1 Å². The smallest absolute Gasteiger partial charge is 0.310 e. The Morgan fingerprint density at radius 3 is 2.90 bits per heavy atom. The highest BCUT2D eigenvalue weighted by atomic mass is 35.5. The maximum absolute atomic E-state index is 11.6. The summed E-state index contributed by atoms with van der Waals surface area (Å²) < 4.78 is 0. The number of carbonyl (C=O) groups is 1. The van der Waals surface area contributed by atoms with Gasteiger partial charge in [-0.1, -0.05) is 31.0 Å². The summed E-state index contributed by atoms with van der Waals surface area (Å²) in [5, 5.41) is 18.9. The van der Waals surface area contributed by atoms with Crippen LogP contribution in [0.4, 0.5) is 0 Å². The van der Waals surface area contributed by atoms with Gasteiger partial charge in [0.15, 0.2) is 0 Å². The second kappa shape index (κ2) is 6.46. The number of carboxylic acids is 1. The first-order valence-corrected chi connectivity index (χ1v) is 7.53. The van der Waals surface area contributed by atoms with Gasteiger partial charge in [0.05, 0.1) is 17.0 Å². The average Bonchev–Trinajstić information content (AvgIpc) is 2.86. The first-order valence-electron chi connectivity index (χ1n) is 7.15. The van der Waals surface area contributed by atoms with E-state index >= 15 is 0 Å². The molecule has 1 heterocycles. The van der Waals surface area contributed by atoms with Gasteiger partial charge in [0.2, 0.25) is 0 Å². The number of likely N-dealkylation sites (tertiary alicyclic amines) is 1. The molecule has 1 aliphatic heterocycles. The minimum atomic E-state index is -0.697. The van der Waals surface area contributed by atoms with Crippen molar-refractivity contribution < 1.29 is 9.90 Å². The Kier molecular flexibility index (Phi) is 4.87. The molecule has 1 atom stereocenters. The highest BCUT2D eigenvalue weighted by Gasteiger charge is 2.43. The Morgan fingerprint density at radius 1 is 1.57 bits per heavy atom. The molecule has 5 heteroatoms. The van der Waals surface area contributed by atoms with Crippen LogP contribution < -0.4 is 0 Å². The molecule has 0 saturated carbocycles. The monoisotopic (exact) mass is 306 g/mol. The fourth-order valence-corrected chi connectivity index (χ4v) is 3.28. The third-order valence-corrected chi connectivity index (χ3v) is 4.54. The molecule has 1 aromatic carbocycles. The van der Waals surface area contributed by atoms with Gasteiger partial charge in [0.25, 0.3) is 0 Å². The Labute approximate surface area is 129 Å². The van der Waals surface area contributed by atoms with E-state index in [-0.39, 0.29) is 0 Å². The van der Waals surface area contributed by atoms with Crippen molar-refractivity contribution in [2.45, 2.75) is 32.7 Å². The summed E-state index contributed by atoms with van der Waals surface area (Å²) in [7, 11) is 0. The fraction of sp³-hybridized carbons (Fsp3) is 0.500. The fourth-order valence-electron chi connectivity index (χ4n) is 3.04. The van der Waals surface area contributed by atoms with Crippen molar-refractivity contribution in [3.05, 3.63) is 34.3 Å². The van der Waals surface area contributed by atoms with Crippen LogP contribution in [0.5, 0.6) is 0 Å². The number of nitriles is 1. The van der Waals surface area contributed by atoms with Crippen LogP contribution in [0, 0.1) is 16.7 Å². The molecule has 4 nitrogen and oxygen atoms in total. The summed E-state index contributed by atoms with van der Waals surface area (Å²) in [6, 6.07) is 7.31. The number of benzene rings is 1. The van der Waals surface area contributed by atoms with E-state index in [9.17, 15) is 9.90 Å². The van der Waals surface area contributed by atoms with E-state index in [0.717, 1.165) is 18.5 Å². The van der Waals surface area contributed by atoms with Crippen LogP contribution in [0.25, 0.3) is 0 Å². The van der Waals surface area contributed by atoms with Crippen molar-refractivity contribution in [2.24, 2.45) is 5.41 Å². The molecule has 0 bridgehead atoms. The van der Waals surface area contributed by atoms with Gasteiger partial charge in [-0.05, 0) is 37.1 Å². The summed E-state index contributed by atoms with van der Waals surface area (Å²) in [5.74, 6) is -0.697. The summed E-state index contributed by atoms with van der Waals surface area (Å²) in [6.07, 6.45) is 2.27. The minimum Gasteiger partial charge on any atom is -0.481 e. The van der Waals surface area contributed by atoms with Crippen LogP contribution in [0.15, 0.2) is 18.2 Å². The van der Waals surface area contributed by atoms with Gasteiger partial charge in [0, 0.05) is 18.1 Å². The summed E-state index contributed by atoms with van der Waals surface area (Å²) in [5.41, 5.74) is 0.859. The zero-order chi connectivity index (χ0) is 15.5. The molecular formula is C16H19ClN2O2. The van der Waals surface area contributed by atoms with E-state index in [2.05, 4.69) is 11.0 Å². The number of rotatable bonds is 5. The third kappa shape index (κ3) is 3.37. The van der Waals surface area contributed by atoms with Crippen molar-refractivity contribution in [3.8, 4) is 6.07 Å². The van der Waals surface area contributed by atoms with Crippen molar-refractivity contribution in [1.82, 2.24) is 4.90 Å². The van der Waals surface area contributed by atoms with Gasteiger partial charge in [-0.3, -0.25) is 9.69 Å². The Bertz CT molecular complexity index is 582. The normalized spacial score (nSPS) is 22.1. The first-order chi connectivity index (χ1) is 10.0. The van der Waals surface area contributed by atoms with Crippen molar-refractivity contribution >= 4 is 17.6 Å². The predicted molar refractivity (Wildman–Crippen MR) is 81.0 cm³/mol. The Morgan fingerprint density at radius 2 is 2.33 bits per heavy atom. The predicted octanol–water partition coefficient (Wildman–Crippen LogP) is 3.29. The number of nitrogens with zero attached hydrogens (tertiary/aromatic N) is 2. The Hall–Kier alpha value is -1.57. The molecule has 21 heavy (non-hydrogen) atoms. The molecular weight excluding hydrogens is 288 g/mol. The molecule has 0 amide bonds. The molecule has 112 valence electrons. The van der Waals surface area contributed by atoms with Crippen LogP contribution in [-0.2, 0) is 11.3 Å². The molecule has 0 aliphatic carbocycles.